The summed E-state index contributed by atoms with van der Waals surface area (Å²) in [6, 6.07) is 4.51. The van der Waals surface area contributed by atoms with Gasteiger partial charge >= 0.3 is 6.18 Å². The van der Waals surface area contributed by atoms with Gasteiger partial charge in [0.15, 0.2) is 0 Å². The van der Waals surface area contributed by atoms with Gasteiger partial charge in [0.05, 0.1) is 11.2 Å². The minimum absolute atomic E-state index is 0.0490. The molecule has 27 heavy (non-hydrogen) atoms. The van der Waals surface area contributed by atoms with Crippen molar-refractivity contribution in [2.75, 3.05) is 13.1 Å². The number of amides is 1. The minimum Gasteiger partial charge on any atom is -0.390 e. The second kappa shape index (κ2) is 5.97. The van der Waals surface area contributed by atoms with E-state index in [1.807, 2.05) is 4.90 Å². The maximum absolute atomic E-state index is 13.0. The van der Waals surface area contributed by atoms with Gasteiger partial charge in [0.1, 0.15) is 0 Å². The van der Waals surface area contributed by atoms with E-state index in [4.69, 9.17) is 0 Å². The molecule has 3 fully saturated rings. The average molecular weight is 381 g/mol. The summed E-state index contributed by atoms with van der Waals surface area (Å²) in [4.78, 5) is 14.4. The first kappa shape index (κ1) is 18.8. The standard InChI is InChI=1S/C21H26F3NO2/c1-13-7-14(3-4-17(13)21(22,23)24)15-5-6-20(10-15)11-25(12-20)18(26)16-8-19(2,27)9-16/h3-4,7,15-16,27H,5-6,8-12H2,1-2H3/t15-,16?,19?/m1/s1. The first-order valence-electron chi connectivity index (χ1n) is 9.67. The lowest BCUT2D eigenvalue weighted by molar-refractivity contribution is -0.161. The number of carbonyl (C=O) groups is 1. The number of benzene rings is 1. The molecule has 2 saturated carbocycles. The van der Waals surface area contributed by atoms with Crippen molar-refractivity contribution < 1.29 is 23.1 Å². The third-order valence-electron chi connectivity index (χ3n) is 6.82. The molecule has 0 unspecified atom stereocenters. The Hall–Kier alpha value is -1.56. The van der Waals surface area contributed by atoms with Crippen LogP contribution in [-0.2, 0) is 11.0 Å². The van der Waals surface area contributed by atoms with Crippen LogP contribution < -0.4 is 0 Å². The number of hydrogen-bond acceptors (Lipinski definition) is 2. The van der Waals surface area contributed by atoms with Crippen molar-refractivity contribution in [3.8, 4) is 0 Å². The molecule has 1 aromatic rings. The van der Waals surface area contributed by atoms with E-state index in [0.29, 0.717) is 12.8 Å². The summed E-state index contributed by atoms with van der Waals surface area (Å²) in [7, 11) is 0. The Labute approximate surface area is 157 Å². The Morgan fingerprint density at radius 1 is 1.22 bits per heavy atom. The molecule has 1 amide bonds. The Balaban J connectivity index is 1.36. The maximum atomic E-state index is 13.0. The highest BCUT2D eigenvalue weighted by Crippen LogP contribution is 2.53. The van der Waals surface area contributed by atoms with Crippen LogP contribution in [0.15, 0.2) is 18.2 Å². The molecule has 148 valence electrons. The predicted octanol–water partition coefficient (Wildman–Crippen LogP) is 4.27. The molecular weight excluding hydrogens is 355 g/mol. The zero-order valence-corrected chi connectivity index (χ0v) is 15.8. The number of aryl methyl sites for hydroxylation is 1. The summed E-state index contributed by atoms with van der Waals surface area (Å²) >= 11 is 0. The first-order valence-corrected chi connectivity index (χ1v) is 9.67. The van der Waals surface area contributed by atoms with Gasteiger partial charge in [-0.05, 0) is 69.1 Å². The van der Waals surface area contributed by atoms with Crippen molar-refractivity contribution >= 4 is 5.91 Å². The zero-order chi connectivity index (χ0) is 19.6. The van der Waals surface area contributed by atoms with Gasteiger partial charge in [-0.25, -0.2) is 0 Å². The molecule has 1 N–H and O–H groups in total. The van der Waals surface area contributed by atoms with Gasteiger partial charge in [-0.3, -0.25) is 4.79 Å². The summed E-state index contributed by atoms with van der Waals surface area (Å²) in [6.45, 7) is 4.79. The Morgan fingerprint density at radius 3 is 2.44 bits per heavy atom. The van der Waals surface area contributed by atoms with Crippen molar-refractivity contribution in [2.24, 2.45) is 11.3 Å². The fraction of sp³-hybridized carbons (Fsp3) is 0.667. The molecular formula is C21H26F3NO2. The lowest BCUT2D eigenvalue weighted by atomic mass is 9.69. The fourth-order valence-corrected chi connectivity index (χ4v) is 5.39. The molecule has 3 nitrogen and oxygen atoms in total. The van der Waals surface area contributed by atoms with E-state index in [9.17, 15) is 23.1 Å². The van der Waals surface area contributed by atoms with Crippen LogP contribution in [0.2, 0.25) is 0 Å². The second-order valence-corrected chi connectivity index (χ2v) is 9.31. The molecule has 4 rings (SSSR count). The number of likely N-dealkylation sites (tertiary alicyclic amines) is 1. The molecule has 1 saturated heterocycles. The zero-order valence-electron chi connectivity index (χ0n) is 15.8. The largest absolute Gasteiger partial charge is 0.416 e. The van der Waals surface area contributed by atoms with Gasteiger partial charge in [-0.15, -0.1) is 0 Å². The van der Waals surface area contributed by atoms with Gasteiger partial charge in [0.2, 0.25) is 5.91 Å². The SMILES string of the molecule is Cc1cc([C@@H]2CCC3(C2)CN(C(=O)C2CC(C)(O)C2)C3)ccc1C(F)(F)F. The van der Waals surface area contributed by atoms with Gasteiger partial charge in [0.25, 0.3) is 0 Å². The lowest BCUT2D eigenvalue weighted by Crippen LogP contribution is -2.61. The van der Waals surface area contributed by atoms with E-state index < -0.39 is 17.3 Å². The van der Waals surface area contributed by atoms with Crippen LogP contribution in [0.4, 0.5) is 13.2 Å². The van der Waals surface area contributed by atoms with Crippen molar-refractivity contribution in [2.45, 2.75) is 63.6 Å². The average Bonchev–Trinajstić information content (AvgIpc) is 2.94. The number of halogens is 3. The number of alkyl halides is 3. The van der Waals surface area contributed by atoms with Crippen molar-refractivity contribution in [3.05, 3.63) is 34.9 Å². The molecule has 0 aromatic heterocycles. The monoisotopic (exact) mass is 381 g/mol. The number of aliphatic hydroxyl groups is 1. The minimum atomic E-state index is -4.31. The maximum Gasteiger partial charge on any atom is 0.416 e. The molecule has 0 radical (unpaired) electrons. The number of nitrogens with zero attached hydrogens (tertiary/aromatic N) is 1. The highest BCUT2D eigenvalue weighted by atomic mass is 19.4. The number of rotatable bonds is 2. The van der Waals surface area contributed by atoms with Crippen LogP contribution in [0.25, 0.3) is 0 Å². The fourth-order valence-electron chi connectivity index (χ4n) is 5.39. The van der Waals surface area contributed by atoms with Gasteiger partial charge < -0.3 is 10.0 Å². The summed E-state index contributed by atoms with van der Waals surface area (Å²) in [5, 5.41) is 9.82. The molecule has 1 aromatic carbocycles. The van der Waals surface area contributed by atoms with Crippen LogP contribution in [0.3, 0.4) is 0 Å². The van der Waals surface area contributed by atoms with Crippen LogP contribution in [0, 0.1) is 18.3 Å². The normalized spacial score (nSPS) is 32.3. The van der Waals surface area contributed by atoms with Crippen molar-refractivity contribution in [1.29, 1.82) is 0 Å². The third kappa shape index (κ3) is 3.37. The molecule has 2 aliphatic carbocycles. The summed E-state index contributed by atoms with van der Waals surface area (Å²) in [6.07, 6.45) is -0.301. The topological polar surface area (TPSA) is 40.5 Å². The van der Waals surface area contributed by atoms with Crippen molar-refractivity contribution in [3.63, 3.8) is 0 Å². The van der Waals surface area contributed by atoms with E-state index in [-0.39, 0.29) is 28.7 Å². The molecule has 6 heteroatoms. The van der Waals surface area contributed by atoms with Gasteiger partial charge in [-0.2, -0.15) is 13.2 Å². The molecule has 1 heterocycles. The highest BCUT2D eigenvalue weighted by Gasteiger charge is 2.53. The molecule has 1 atom stereocenters. The Morgan fingerprint density at radius 2 is 1.89 bits per heavy atom. The third-order valence-corrected chi connectivity index (χ3v) is 6.82. The first-order chi connectivity index (χ1) is 12.5. The van der Waals surface area contributed by atoms with E-state index in [1.165, 1.54) is 13.0 Å². The quantitative estimate of drug-likeness (QED) is 0.831. The van der Waals surface area contributed by atoms with E-state index in [0.717, 1.165) is 37.9 Å². The van der Waals surface area contributed by atoms with E-state index >= 15 is 0 Å². The second-order valence-electron chi connectivity index (χ2n) is 9.31. The number of carbonyl (C=O) groups excluding carboxylic acids is 1. The van der Waals surface area contributed by atoms with Gasteiger partial charge in [0, 0.05) is 24.4 Å². The van der Waals surface area contributed by atoms with Crippen molar-refractivity contribution in [1.82, 2.24) is 4.90 Å². The smallest absolute Gasteiger partial charge is 0.390 e. The van der Waals surface area contributed by atoms with Crippen LogP contribution in [-0.4, -0.2) is 34.6 Å². The Bertz CT molecular complexity index is 757. The van der Waals surface area contributed by atoms with Crippen LogP contribution >= 0.6 is 0 Å². The predicted molar refractivity (Wildman–Crippen MR) is 95.1 cm³/mol. The van der Waals surface area contributed by atoms with Crippen LogP contribution in [0.1, 0.15) is 61.6 Å². The molecule has 3 aliphatic rings. The number of hydrogen-bond donors (Lipinski definition) is 1. The summed E-state index contributed by atoms with van der Waals surface area (Å²) in [5.41, 5.74) is 0.140. The summed E-state index contributed by atoms with van der Waals surface area (Å²) < 4.78 is 38.9. The van der Waals surface area contributed by atoms with E-state index in [2.05, 4.69) is 0 Å². The van der Waals surface area contributed by atoms with Gasteiger partial charge in [-0.1, -0.05) is 12.1 Å². The van der Waals surface area contributed by atoms with Crippen LogP contribution in [0.5, 0.6) is 0 Å². The molecule has 1 spiro atoms. The Kier molecular flexibility index (Phi) is 4.15. The van der Waals surface area contributed by atoms with E-state index in [1.54, 1.807) is 19.1 Å². The highest BCUT2D eigenvalue weighted by molar-refractivity contribution is 5.81. The molecule has 0 bridgehead atoms. The molecule has 1 aliphatic heterocycles. The summed E-state index contributed by atoms with van der Waals surface area (Å²) in [5.74, 6) is 0.376. The lowest BCUT2D eigenvalue weighted by Gasteiger charge is -2.52.